The van der Waals surface area contributed by atoms with Crippen LogP contribution in [-0.4, -0.2) is 130 Å². The lowest BCUT2D eigenvalue weighted by Crippen LogP contribution is -2.29. The Morgan fingerprint density at radius 2 is 0.766 bits per heavy atom. The zero-order valence-corrected chi connectivity index (χ0v) is 81.7. The van der Waals surface area contributed by atoms with Crippen molar-refractivity contribution in [2.45, 2.75) is 117 Å². The quantitative estimate of drug-likeness (QED) is 0.0357. The number of anilines is 2. The molecule has 17 aromatic rings. The largest absolute Gasteiger partial charge is 0.506 e. The Bertz CT molecular complexity index is 6820. The highest BCUT2D eigenvalue weighted by atomic mass is 79.9. The van der Waals surface area contributed by atoms with Crippen molar-refractivity contribution in [2.75, 3.05) is 36.0 Å². The number of nitrogens with zero attached hydrogens (tertiary/aromatic N) is 25. The van der Waals surface area contributed by atoms with Crippen LogP contribution in [0.1, 0.15) is 120 Å². The second-order valence-corrected chi connectivity index (χ2v) is 36.3. The van der Waals surface area contributed by atoms with E-state index in [9.17, 15) is 18.3 Å². The Kier molecular flexibility index (Phi) is 36.2. The number of hydrogen-bond donors (Lipinski definition) is 1. The summed E-state index contributed by atoms with van der Waals surface area (Å²) >= 11 is 20.0. The van der Waals surface area contributed by atoms with Gasteiger partial charge in [-0.1, -0.05) is 197 Å². The molecule has 0 saturated heterocycles. The predicted octanol–water partition coefficient (Wildman–Crippen LogP) is 20.9. The van der Waals surface area contributed by atoms with Crippen molar-refractivity contribution in [2.24, 2.45) is 0 Å². The number of nitriles is 3. The van der Waals surface area contributed by atoms with Crippen LogP contribution in [0.25, 0.3) is 10.9 Å². The Labute approximate surface area is 830 Å². The lowest BCUT2D eigenvalue weighted by Gasteiger charge is -2.23. The summed E-state index contributed by atoms with van der Waals surface area (Å²) in [5, 5.41) is 73.1. The van der Waals surface area contributed by atoms with Gasteiger partial charge in [0.1, 0.15) is 48.4 Å². The highest BCUT2D eigenvalue weighted by Gasteiger charge is 2.34. The fourth-order valence-corrected chi connectivity index (χ4v) is 16.0. The molecule has 692 valence electrons. The summed E-state index contributed by atoms with van der Waals surface area (Å²) in [6.07, 6.45) is 12.3. The Balaban J connectivity index is 0.000000146. The first-order valence-corrected chi connectivity index (χ1v) is 47.5. The molecule has 0 saturated carbocycles. The van der Waals surface area contributed by atoms with Gasteiger partial charge in [-0.05, 0) is 230 Å². The van der Waals surface area contributed by atoms with Crippen molar-refractivity contribution in [1.29, 1.82) is 15.8 Å². The number of hydrogen-bond acceptors (Lipinski definition) is 22. The van der Waals surface area contributed by atoms with Gasteiger partial charge >= 0.3 is 6.18 Å². The van der Waals surface area contributed by atoms with E-state index in [1.165, 1.54) is 16.7 Å². The highest BCUT2D eigenvalue weighted by molar-refractivity contribution is 9.11. The van der Waals surface area contributed by atoms with Gasteiger partial charge < -0.3 is 33.2 Å². The average Bonchev–Trinajstić information content (AvgIpc) is 1.78. The molecule has 0 unspecified atom stereocenters. The van der Waals surface area contributed by atoms with Crippen LogP contribution in [0, 0.1) is 40.9 Å². The van der Waals surface area contributed by atoms with Crippen molar-refractivity contribution in [3.8, 4) is 24.0 Å². The van der Waals surface area contributed by atoms with E-state index in [2.05, 4.69) is 252 Å². The van der Waals surface area contributed by atoms with Crippen molar-refractivity contribution in [1.82, 2.24) is 98.8 Å². The van der Waals surface area contributed by atoms with Gasteiger partial charge in [0.05, 0.1) is 104 Å². The molecule has 9 aromatic carbocycles. The van der Waals surface area contributed by atoms with E-state index >= 15 is 0 Å². The number of benzene rings is 9. The summed E-state index contributed by atoms with van der Waals surface area (Å²) < 4.78 is 52.0. The smallest absolute Gasteiger partial charge is 0.433 e. The number of rotatable bonds is 36. The van der Waals surface area contributed by atoms with Gasteiger partial charge in [-0.25, -0.2) is 19.9 Å². The molecule has 0 spiro atoms. The highest BCUT2D eigenvalue weighted by Crippen LogP contribution is 2.30. The number of aromatic nitrogens is 18. The van der Waals surface area contributed by atoms with Crippen molar-refractivity contribution < 1.29 is 18.3 Å². The summed E-state index contributed by atoms with van der Waals surface area (Å²) in [5.74, 6) is 3.98. The molecule has 137 heavy (non-hydrogen) atoms. The number of fused-ring (bicyclic) bond motifs is 1. The van der Waals surface area contributed by atoms with E-state index < -0.39 is 11.9 Å². The lowest BCUT2D eigenvalue weighted by atomic mass is 10.1. The average molecular weight is 2110 g/mol. The zero-order valence-electron chi connectivity index (χ0n) is 74.6. The molecule has 0 atom stereocenters. The van der Waals surface area contributed by atoms with Gasteiger partial charge in [-0.2, -0.15) is 29.0 Å². The maximum atomic E-state index is 13.3. The van der Waals surface area contributed by atoms with Crippen molar-refractivity contribution in [3.63, 3.8) is 0 Å². The molecule has 17 rings (SSSR count). The van der Waals surface area contributed by atoms with Crippen LogP contribution in [0.15, 0.2) is 317 Å². The fraction of sp³-hybridized carbons (Fsp3) is 0.214. The number of halogens is 8. The van der Waals surface area contributed by atoms with Gasteiger partial charge in [0.15, 0.2) is 11.6 Å². The van der Waals surface area contributed by atoms with Crippen LogP contribution in [0.5, 0.6) is 5.75 Å². The summed E-state index contributed by atoms with van der Waals surface area (Å²) in [6.45, 7) is 10.4. The molecule has 1 N–H and O–H groups in total. The van der Waals surface area contributed by atoms with Gasteiger partial charge in [-0.15, -0.1) is 40.8 Å². The van der Waals surface area contributed by atoms with Gasteiger partial charge in [0.25, 0.3) is 0 Å². The summed E-state index contributed by atoms with van der Waals surface area (Å²) in [5.41, 5.74) is 13.6. The fourth-order valence-electron chi connectivity index (χ4n) is 14.8. The minimum absolute atomic E-state index is 0.0372. The molecular weight excluding hydrogens is 2020 g/mol. The summed E-state index contributed by atoms with van der Waals surface area (Å²) in [6, 6.07) is 88.2. The Hall–Kier alpha value is -14.0. The maximum Gasteiger partial charge on any atom is 0.433 e. The first-order valence-electron chi connectivity index (χ1n) is 43.9. The van der Waals surface area contributed by atoms with Crippen LogP contribution in [0.4, 0.5) is 25.1 Å². The lowest BCUT2D eigenvalue weighted by molar-refractivity contribution is -0.141. The standard InChI is InChI=1S/C28H25BrClN5.C28H29BrN6O.C24H19BrF3N7.C23H20BrN7/c29-24-10-5-21(6-11-24)15-16-34(18-26-14-9-23-3-1-2-4-27(23)32-26)19-28-33-31-20-35(28)17-22-7-12-25(30)13-8-22;1-21-5-14-27(36)26(32-21)18-34(15-3-2-4-22-10-12-25(29)13-11-22)19-28-33-31-20-35(28)17-24-8-6-23(16-30)7-9-24;25-20-7-5-17(6-8-20)10-12-34(23-30-11-9-21(32-23)24(26,27)28)15-22-33-31-16-35(22)14-19-3-1-18(13-29)2-4-19;24-21-8-6-18(7-9-21)10-13-30(23-26-11-1-12-27-23)16-22-29-28-17-31(22)15-20-4-2-19(14-25)3-5-20/h1-14,20H,15-19H2;5-14,20,36H,2-4,15,17-19H2,1H3;1-9,11,16H,10,12,14-15H2;1-9,11-12,17H,10,13,15-16H2. The van der Waals surface area contributed by atoms with Crippen LogP contribution in [0.2, 0.25) is 5.02 Å². The van der Waals surface area contributed by atoms with Gasteiger partial charge in [0, 0.05) is 85.3 Å². The molecule has 26 nitrogen and oxygen atoms in total. The SMILES string of the molecule is Cc1ccc(O)c(CN(CCCCc2ccc(Br)cc2)Cc2nncn2Cc2ccc(C#N)cc2)n1.Clc1ccc(Cn2cnnc2CN(CCc2ccc(Br)cc2)Cc2ccc3ccccc3n2)cc1.N#Cc1ccc(Cn2cnnc2CN(CCc2ccc(Br)cc2)c2nccc(C(F)(F)F)n2)cc1.N#Cc1ccc(Cn2cnnc2CN(CCc2ccc(Br)cc2)c2ncccn2)cc1. The number of unbranched alkanes of at least 4 members (excludes halogenated alkanes) is 1. The number of aryl methyl sites for hydroxylation is 2. The second-order valence-electron chi connectivity index (χ2n) is 32.2. The van der Waals surface area contributed by atoms with Crippen LogP contribution in [0.3, 0.4) is 0 Å². The number of para-hydroxylation sites is 1. The molecule has 0 aliphatic heterocycles. The van der Waals surface area contributed by atoms with E-state index in [4.69, 9.17) is 32.4 Å². The van der Waals surface area contributed by atoms with Crippen molar-refractivity contribution in [3.05, 3.63) is 429 Å². The molecule has 0 fully saturated rings. The summed E-state index contributed by atoms with van der Waals surface area (Å²) in [7, 11) is 0. The number of alkyl halides is 3. The Morgan fingerprint density at radius 1 is 0.372 bits per heavy atom. The Morgan fingerprint density at radius 3 is 1.21 bits per heavy atom. The summed E-state index contributed by atoms with van der Waals surface area (Å²) in [4.78, 5) is 34.7. The van der Waals surface area contributed by atoms with E-state index in [1.807, 2.05) is 166 Å². The molecule has 0 aliphatic carbocycles. The third kappa shape index (κ3) is 30.8. The normalized spacial score (nSPS) is 11.1. The predicted molar refractivity (Wildman–Crippen MR) is 534 cm³/mol. The molecule has 0 radical (unpaired) electrons. The third-order valence-electron chi connectivity index (χ3n) is 22.2. The van der Waals surface area contributed by atoms with Gasteiger partial charge in [-0.3, -0.25) is 19.8 Å². The van der Waals surface area contributed by atoms with E-state index in [0.29, 0.717) is 99.5 Å². The number of aromatic hydroxyl groups is 1. The first-order chi connectivity index (χ1) is 66.6. The van der Waals surface area contributed by atoms with Crippen LogP contribution in [-0.2, 0) is 97.3 Å². The first kappa shape index (κ1) is 99.0. The third-order valence-corrected chi connectivity index (χ3v) is 24.6. The molecule has 34 heteroatoms. The second kappa shape index (κ2) is 50.0. The van der Waals surface area contributed by atoms with Crippen LogP contribution < -0.4 is 9.80 Å². The molecular formula is C103H93Br4ClF3N25O. The van der Waals surface area contributed by atoms with E-state index in [1.54, 1.807) is 60.8 Å². The zero-order chi connectivity index (χ0) is 95.7. The van der Waals surface area contributed by atoms with Crippen LogP contribution >= 0.6 is 75.3 Å². The van der Waals surface area contributed by atoms with Crippen molar-refractivity contribution >= 4 is 98.1 Å². The molecule has 0 amide bonds. The number of pyridine rings is 2. The topological polar surface area (TPSA) is 305 Å². The minimum atomic E-state index is -4.58. The maximum absolute atomic E-state index is 13.3. The molecule has 0 aliphatic rings. The molecule has 0 bridgehead atoms. The van der Waals surface area contributed by atoms with Gasteiger partial charge in [0.2, 0.25) is 11.9 Å². The minimum Gasteiger partial charge on any atom is -0.506 e. The molecule has 8 aromatic heterocycles. The monoisotopic (exact) mass is 2100 g/mol. The van der Waals surface area contributed by atoms with E-state index in [-0.39, 0.29) is 18.2 Å². The molecule has 8 heterocycles. The van der Waals surface area contributed by atoms with E-state index in [0.717, 1.165) is 161 Å².